The highest BCUT2D eigenvalue weighted by Crippen LogP contribution is 2.25. The maximum atomic E-state index is 12.2. The van der Waals surface area contributed by atoms with Gasteiger partial charge in [0.1, 0.15) is 4.21 Å². The van der Waals surface area contributed by atoms with Crippen LogP contribution >= 0.6 is 11.3 Å². The quantitative estimate of drug-likeness (QED) is 0.880. The molecule has 0 saturated carbocycles. The summed E-state index contributed by atoms with van der Waals surface area (Å²) in [5.41, 5.74) is 6.78. The molecule has 0 amide bonds. The molecule has 0 bridgehead atoms. The van der Waals surface area contributed by atoms with Gasteiger partial charge in [0, 0.05) is 11.1 Å². The SMILES string of the molecule is Cc1ccncc1NS(=O)(=O)c1ccc(CCN)s1. The van der Waals surface area contributed by atoms with Crippen LogP contribution in [0.4, 0.5) is 5.69 Å². The van der Waals surface area contributed by atoms with Gasteiger partial charge in [-0.1, -0.05) is 0 Å². The molecule has 0 radical (unpaired) electrons. The molecule has 19 heavy (non-hydrogen) atoms. The van der Waals surface area contributed by atoms with Crippen LogP contribution in [0.5, 0.6) is 0 Å². The molecular weight excluding hydrogens is 282 g/mol. The summed E-state index contributed by atoms with van der Waals surface area (Å²) in [7, 11) is -3.55. The highest BCUT2D eigenvalue weighted by molar-refractivity contribution is 7.94. The Kier molecular flexibility index (Phi) is 4.18. The number of hydrogen-bond acceptors (Lipinski definition) is 5. The lowest BCUT2D eigenvalue weighted by atomic mass is 10.3. The Labute approximate surface area is 116 Å². The molecule has 2 aromatic heterocycles. The number of hydrogen-bond donors (Lipinski definition) is 2. The van der Waals surface area contributed by atoms with Gasteiger partial charge in [0.05, 0.1) is 11.9 Å². The van der Waals surface area contributed by atoms with E-state index in [9.17, 15) is 8.42 Å². The van der Waals surface area contributed by atoms with Gasteiger partial charge >= 0.3 is 0 Å². The summed E-state index contributed by atoms with van der Waals surface area (Å²) in [5, 5.41) is 0. The third-order valence-electron chi connectivity index (χ3n) is 2.58. The van der Waals surface area contributed by atoms with Gasteiger partial charge < -0.3 is 5.73 Å². The highest BCUT2D eigenvalue weighted by atomic mass is 32.2. The van der Waals surface area contributed by atoms with Gasteiger partial charge in [-0.05, 0) is 43.7 Å². The standard InChI is InChI=1S/C12H15N3O2S2/c1-9-5-7-14-8-11(9)15-19(16,17)12-3-2-10(18-12)4-6-13/h2-3,5,7-8,15H,4,6,13H2,1H3. The minimum atomic E-state index is -3.55. The van der Waals surface area contributed by atoms with Gasteiger partial charge in [-0.25, -0.2) is 8.42 Å². The molecular formula is C12H15N3O2S2. The molecule has 2 rings (SSSR count). The number of rotatable bonds is 5. The van der Waals surface area contributed by atoms with Crippen LogP contribution < -0.4 is 10.5 Å². The Balaban J connectivity index is 2.25. The van der Waals surface area contributed by atoms with Gasteiger partial charge in [-0.15, -0.1) is 11.3 Å². The van der Waals surface area contributed by atoms with Crippen molar-refractivity contribution in [3.05, 3.63) is 41.0 Å². The average molecular weight is 297 g/mol. The second-order valence-electron chi connectivity index (χ2n) is 4.06. The molecule has 102 valence electrons. The molecule has 7 heteroatoms. The van der Waals surface area contributed by atoms with Gasteiger partial charge in [-0.3, -0.25) is 9.71 Å². The molecule has 0 aliphatic heterocycles. The third kappa shape index (κ3) is 3.31. The van der Waals surface area contributed by atoms with E-state index in [1.165, 1.54) is 17.5 Å². The zero-order chi connectivity index (χ0) is 13.9. The number of nitrogens with zero attached hydrogens (tertiary/aromatic N) is 1. The number of nitrogens with two attached hydrogens (primary N) is 1. The summed E-state index contributed by atoms with van der Waals surface area (Å²) in [4.78, 5) is 4.88. The number of thiophene rings is 1. The number of pyridine rings is 1. The van der Waals surface area contributed by atoms with Crippen molar-refractivity contribution in [3.63, 3.8) is 0 Å². The van der Waals surface area contributed by atoms with Crippen molar-refractivity contribution in [1.82, 2.24) is 4.98 Å². The average Bonchev–Trinajstić information content (AvgIpc) is 2.82. The fourth-order valence-corrected chi connectivity index (χ4v) is 4.03. The van der Waals surface area contributed by atoms with Crippen molar-refractivity contribution in [2.24, 2.45) is 5.73 Å². The summed E-state index contributed by atoms with van der Waals surface area (Å²) in [6.07, 6.45) is 3.81. The molecule has 5 nitrogen and oxygen atoms in total. The zero-order valence-corrected chi connectivity index (χ0v) is 12.1. The molecule has 0 aliphatic carbocycles. The lowest BCUT2D eigenvalue weighted by Gasteiger charge is -2.07. The number of nitrogens with one attached hydrogen (secondary N) is 1. The Hall–Kier alpha value is -1.44. The molecule has 0 atom stereocenters. The molecule has 3 N–H and O–H groups in total. The summed E-state index contributed by atoms with van der Waals surface area (Å²) in [6.45, 7) is 2.34. The molecule has 0 unspecified atom stereocenters. The largest absolute Gasteiger partial charge is 0.330 e. The van der Waals surface area contributed by atoms with E-state index < -0.39 is 10.0 Å². The fraction of sp³-hybridized carbons (Fsp3) is 0.250. The number of aryl methyl sites for hydroxylation is 1. The first-order chi connectivity index (χ1) is 9.03. The summed E-state index contributed by atoms with van der Waals surface area (Å²) >= 11 is 1.24. The van der Waals surface area contributed by atoms with Crippen LogP contribution in [0.25, 0.3) is 0 Å². The Morgan fingerprint density at radius 1 is 1.37 bits per heavy atom. The minimum absolute atomic E-state index is 0.291. The van der Waals surface area contributed by atoms with Crippen molar-refractivity contribution in [2.45, 2.75) is 17.6 Å². The van der Waals surface area contributed by atoms with Gasteiger partial charge in [-0.2, -0.15) is 0 Å². The summed E-state index contributed by atoms with van der Waals surface area (Å²) < 4.78 is 27.3. The van der Waals surface area contributed by atoms with Crippen molar-refractivity contribution in [2.75, 3.05) is 11.3 Å². The van der Waals surface area contributed by atoms with Crippen molar-refractivity contribution in [3.8, 4) is 0 Å². The van der Waals surface area contributed by atoms with E-state index in [4.69, 9.17) is 5.73 Å². The summed E-state index contributed by atoms with van der Waals surface area (Å²) in [5.74, 6) is 0. The second kappa shape index (κ2) is 5.68. The van der Waals surface area contributed by atoms with Crippen LogP contribution in [-0.2, 0) is 16.4 Å². The highest BCUT2D eigenvalue weighted by Gasteiger charge is 2.17. The first-order valence-corrected chi connectivity index (χ1v) is 8.05. The van der Waals surface area contributed by atoms with Crippen molar-refractivity contribution < 1.29 is 8.42 Å². The van der Waals surface area contributed by atoms with E-state index in [0.29, 0.717) is 22.9 Å². The number of anilines is 1. The van der Waals surface area contributed by atoms with Gasteiger partial charge in [0.2, 0.25) is 0 Å². The van der Waals surface area contributed by atoms with Gasteiger partial charge in [0.15, 0.2) is 0 Å². The normalized spacial score (nSPS) is 11.5. The van der Waals surface area contributed by atoms with Crippen molar-refractivity contribution >= 4 is 27.0 Å². The fourth-order valence-electron chi connectivity index (χ4n) is 1.55. The van der Waals surface area contributed by atoms with E-state index >= 15 is 0 Å². The van der Waals surface area contributed by atoms with Gasteiger partial charge in [0.25, 0.3) is 10.0 Å². The predicted molar refractivity (Wildman–Crippen MR) is 76.9 cm³/mol. The Morgan fingerprint density at radius 2 is 2.16 bits per heavy atom. The first kappa shape index (κ1) is 14.0. The van der Waals surface area contributed by atoms with E-state index in [1.54, 1.807) is 24.4 Å². The van der Waals surface area contributed by atoms with E-state index in [-0.39, 0.29) is 0 Å². The lowest BCUT2D eigenvalue weighted by molar-refractivity contribution is 0.603. The molecule has 0 aliphatic rings. The lowest BCUT2D eigenvalue weighted by Crippen LogP contribution is -2.12. The second-order valence-corrected chi connectivity index (χ2v) is 7.13. The van der Waals surface area contributed by atoms with Crippen LogP contribution in [0.1, 0.15) is 10.4 Å². The molecule has 0 fully saturated rings. The van der Waals surface area contributed by atoms with E-state index in [0.717, 1.165) is 10.4 Å². The third-order valence-corrected chi connectivity index (χ3v) is 5.58. The van der Waals surface area contributed by atoms with Crippen molar-refractivity contribution in [1.29, 1.82) is 0 Å². The number of aromatic nitrogens is 1. The topological polar surface area (TPSA) is 85.1 Å². The number of sulfonamides is 1. The predicted octanol–water partition coefficient (Wildman–Crippen LogP) is 1.75. The van der Waals surface area contributed by atoms with Crippen LogP contribution in [-0.4, -0.2) is 19.9 Å². The maximum absolute atomic E-state index is 12.2. The smallest absolute Gasteiger partial charge is 0.271 e. The van der Waals surface area contributed by atoms with E-state index in [2.05, 4.69) is 9.71 Å². The molecule has 2 heterocycles. The first-order valence-electron chi connectivity index (χ1n) is 5.75. The molecule has 0 saturated heterocycles. The minimum Gasteiger partial charge on any atom is -0.330 e. The molecule has 0 spiro atoms. The summed E-state index contributed by atoms with van der Waals surface area (Å²) in [6, 6.07) is 5.15. The maximum Gasteiger partial charge on any atom is 0.271 e. The van der Waals surface area contributed by atoms with Crippen LogP contribution in [0.2, 0.25) is 0 Å². The van der Waals surface area contributed by atoms with E-state index in [1.807, 2.05) is 6.92 Å². The molecule has 0 aromatic carbocycles. The zero-order valence-electron chi connectivity index (χ0n) is 10.5. The van der Waals surface area contributed by atoms with Crippen LogP contribution in [0, 0.1) is 6.92 Å². The Morgan fingerprint density at radius 3 is 2.84 bits per heavy atom. The van der Waals surface area contributed by atoms with Crippen LogP contribution in [0.15, 0.2) is 34.8 Å². The Bertz CT molecular complexity index is 665. The van der Waals surface area contributed by atoms with Crippen LogP contribution in [0.3, 0.4) is 0 Å². The molecule has 2 aromatic rings. The monoisotopic (exact) mass is 297 g/mol.